The van der Waals surface area contributed by atoms with Crippen molar-refractivity contribution in [3.05, 3.63) is 27.7 Å². The van der Waals surface area contributed by atoms with Crippen LogP contribution in [0.5, 0.6) is 0 Å². The van der Waals surface area contributed by atoms with Crippen molar-refractivity contribution in [3.8, 4) is 0 Å². The minimum atomic E-state index is -3.61. The molecule has 0 amide bonds. The molecule has 0 atom stereocenters. The van der Waals surface area contributed by atoms with Crippen molar-refractivity contribution in [1.82, 2.24) is 4.72 Å². The van der Waals surface area contributed by atoms with Crippen molar-refractivity contribution >= 4 is 33.2 Å². The number of sulfonamides is 1. The largest absolute Gasteiger partial charge is 0.326 e. The van der Waals surface area contributed by atoms with E-state index in [1.807, 2.05) is 0 Å². The molecule has 1 aliphatic carbocycles. The van der Waals surface area contributed by atoms with Crippen LogP contribution < -0.4 is 10.5 Å². The van der Waals surface area contributed by atoms with Crippen LogP contribution in [0.1, 0.15) is 24.8 Å². The van der Waals surface area contributed by atoms with Gasteiger partial charge in [-0.2, -0.15) is 0 Å². The van der Waals surface area contributed by atoms with E-state index in [2.05, 4.69) is 4.72 Å². The molecule has 1 saturated carbocycles. The number of nitrogens with one attached hydrogen (secondary N) is 1. The average Bonchev–Trinajstić information content (AvgIpc) is 2.26. The highest BCUT2D eigenvalue weighted by Crippen LogP contribution is 2.29. The number of rotatable bonds is 5. The highest BCUT2D eigenvalue weighted by molar-refractivity contribution is 7.89. The third kappa shape index (κ3) is 3.41. The van der Waals surface area contributed by atoms with Gasteiger partial charge in [-0.05, 0) is 36.5 Å². The molecule has 0 heterocycles. The molecule has 106 valence electrons. The first-order chi connectivity index (χ1) is 8.94. The summed E-state index contributed by atoms with van der Waals surface area (Å²) in [6.07, 6.45) is 3.32. The van der Waals surface area contributed by atoms with E-state index in [0.29, 0.717) is 23.0 Å². The number of halogens is 2. The molecule has 0 aromatic heterocycles. The van der Waals surface area contributed by atoms with Crippen molar-refractivity contribution in [1.29, 1.82) is 0 Å². The molecule has 1 aromatic rings. The lowest BCUT2D eigenvalue weighted by molar-refractivity contribution is 0.316. The normalized spacial score (nSPS) is 16.4. The second kappa shape index (κ2) is 5.97. The molecule has 4 nitrogen and oxygen atoms in total. The number of nitrogens with two attached hydrogens (primary N) is 1. The van der Waals surface area contributed by atoms with E-state index >= 15 is 0 Å². The Morgan fingerprint density at radius 2 is 1.95 bits per heavy atom. The maximum absolute atomic E-state index is 12.2. The monoisotopic (exact) mass is 322 g/mol. The molecular weight excluding hydrogens is 307 g/mol. The average molecular weight is 323 g/mol. The van der Waals surface area contributed by atoms with E-state index in [0.717, 1.165) is 12.8 Å². The third-order valence-corrected chi connectivity index (χ3v) is 5.64. The molecule has 1 aromatic carbocycles. The molecule has 1 aliphatic rings. The Labute approximate surface area is 123 Å². The molecule has 7 heteroatoms. The zero-order valence-corrected chi connectivity index (χ0v) is 12.7. The summed E-state index contributed by atoms with van der Waals surface area (Å²) in [7, 11) is -3.61. The summed E-state index contributed by atoms with van der Waals surface area (Å²) in [6.45, 7) is 0.625. The van der Waals surface area contributed by atoms with Crippen molar-refractivity contribution in [3.63, 3.8) is 0 Å². The maximum atomic E-state index is 12.2. The van der Waals surface area contributed by atoms with E-state index in [4.69, 9.17) is 28.9 Å². The predicted molar refractivity (Wildman–Crippen MR) is 76.9 cm³/mol. The SMILES string of the molecule is NCc1cc(S(=O)(=O)NCC2CCC2)c(Cl)cc1Cl. The van der Waals surface area contributed by atoms with Gasteiger partial charge in [0.05, 0.1) is 5.02 Å². The van der Waals surface area contributed by atoms with Crippen LogP contribution in [0, 0.1) is 5.92 Å². The van der Waals surface area contributed by atoms with Gasteiger partial charge in [0.2, 0.25) is 10.0 Å². The first-order valence-corrected chi connectivity index (χ1v) is 8.35. The number of hydrogen-bond donors (Lipinski definition) is 2. The minimum Gasteiger partial charge on any atom is -0.326 e. The summed E-state index contributed by atoms with van der Waals surface area (Å²) < 4.78 is 27.0. The molecule has 0 aliphatic heterocycles. The first kappa shape index (κ1) is 15.1. The Bertz CT molecular complexity index is 571. The Balaban J connectivity index is 2.23. The molecular formula is C12H16Cl2N2O2S. The molecule has 0 spiro atoms. The van der Waals surface area contributed by atoms with E-state index < -0.39 is 10.0 Å². The molecule has 0 unspecified atom stereocenters. The highest BCUT2D eigenvalue weighted by atomic mass is 35.5. The zero-order chi connectivity index (χ0) is 14.0. The lowest BCUT2D eigenvalue weighted by Crippen LogP contribution is -2.32. The second-order valence-electron chi connectivity index (χ2n) is 4.73. The zero-order valence-electron chi connectivity index (χ0n) is 10.3. The summed E-state index contributed by atoms with van der Waals surface area (Å²) in [6, 6.07) is 2.86. The van der Waals surface area contributed by atoms with Crippen LogP contribution in [-0.4, -0.2) is 15.0 Å². The van der Waals surface area contributed by atoms with Crippen molar-refractivity contribution in [2.45, 2.75) is 30.7 Å². The molecule has 0 radical (unpaired) electrons. The smallest absolute Gasteiger partial charge is 0.242 e. The van der Waals surface area contributed by atoms with Crippen LogP contribution in [0.4, 0.5) is 0 Å². The van der Waals surface area contributed by atoms with Crippen LogP contribution in [0.3, 0.4) is 0 Å². The summed E-state index contributed by atoms with van der Waals surface area (Å²) in [4.78, 5) is 0.0401. The summed E-state index contributed by atoms with van der Waals surface area (Å²) in [5, 5.41) is 0.494. The van der Waals surface area contributed by atoms with Gasteiger partial charge >= 0.3 is 0 Å². The summed E-state index contributed by atoms with van der Waals surface area (Å²) in [5.41, 5.74) is 6.09. The van der Waals surface area contributed by atoms with Crippen LogP contribution >= 0.6 is 23.2 Å². The minimum absolute atomic E-state index is 0.0401. The van der Waals surface area contributed by atoms with Crippen molar-refractivity contribution < 1.29 is 8.42 Å². The molecule has 0 saturated heterocycles. The Morgan fingerprint density at radius 3 is 2.47 bits per heavy atom. The van der Waals surface area contributed by atoms with E-state index in [-0.39, 0.29) is 16.5 Å². The van der Waals surface area contributed by atoms with Gasteiger partial charge in [0.25, 0.3) is 0 Å². The molecule has 0 bridgehead atoms. The van der Waals surface area contributed by atoms with Crippen LogP contribution in [0.15, 0.2) is 17.0 Å². The third-order valence-electron chi connectivity index (χ3n) is 3.40. The first-order valence-electron chi connectivity index (χ1n) is 6.11. The standard InChI is InChI=1S/C12H16Cl2N2O2S/c13-10-5-11(14)12(4-9(10)6-15)19(17,18)16-7-8-2-1-3-8/h4-5,8,16H,1-3,6-7,15H2. The Hall–Kier alpha value is -0.330. The second-order valence-corrected chi connectivity index (χ2v) is 7.28. The topological polar surface area (TPSA) is 72.2 Å². The summed E-state index contributed by atoms with van der Waals surface area (Å²) >= 11 is 11.9. The fraction of sp³-hybridized carbons (Fsp3) is 0.500. The number of hydrogen-bond acceptors (Lipinski definition) is 3. The van der Waals surface area contributed by atoms with E-state index in [1.165, 1.54) is 18.6 Å². The van der Waals surface area contributed by atoms with Crippen molar-refractivity contribution in [2.75, 3.05) is 6.54 Å². The molecule has 3 N–H and O–H groups in total. The molecule has 1 fully saturated rings. The van der Waals surface area contributed by atoms with Crippen LogP contribution in [0.2, 0.25) is 10.0 Å². The lowest BCUT2D eigenvalue weighted by Gasteiger charge is -2.25. The number of benzene rings is 1. The maximum Gasteiger partial charge on any atom is 0.242 e. The van der Waals surface area contributed by atoms with Gasteiger partial charge in [0.1, 0.15) is 4.90 Å². The van der Waals surface area contributed by atoms with Crippen LogP contribution in [-0.2, 0) is 16.6 Å². The van der Waals surface area contributed by atoms with E-state index in [9.17, 15) is 8.42 Å². The van der Waals surface area contributed by atoms with Gasteiger partial charge in [0.15, 0.2) is 0 Å². The van der Waals surface area contributed by atoms with Gasteiger partial charge in [-0.25, -0.2) is 13.1 Å². The van der Waals surface area contributed by atoms with Gasteiger partial charge < -0.3 is 5.73 Å². The fourth-order valence-corrected chi connectivity index (χ4v) is 3.92. The van der Waals surface area contributed by atoms with Gasteiger partial charge in [-0.15, -0.1) is 0 Å². The van der Waals surface area contributed by atoms with Crippen LogP contribution in [0.25, 0.3) is 0 Å². The fourth-order valence-electron chi connectivity index (χ4n) is 1.94. The van der Waals surface area contributed by atoms with Gasteiger partial charge in [-0.1, -0.05) is 29.6 Å². The predicted octanol–water partition coefficient (Wildman–Crippen LogP) is 2.53. The molecule has 19 heavy (non-hydrogen) atoms. The van der Waals surface area contributed by atoms with Gasteiger partial charge in [0, 0.05) is 18.1 Å². The Kier molecular flexibility index (Phi) is 4.74. The lowest BCUT2D eigenvalue weighted by atomic mass is 9.86. The quantitative estimate of drug-likeness (QED) is 0.874. The van der Waals surface area contributed by atoms with E-state index in [1.54, 1.807) is 0 Å². The summed E-state index contributed by atoms with van der Waals surface area (Å²) in [5.74, 6) is 0.440. The molecule has 2 rings (SSSR count). The van der Waals surface area contributed by atoms with Gasteiger partial charge in [-0.3, -0.25) is 0 Å². The van der Waals surface area contributed by atoms with Crippen molar-refractivity contribution in [2.24, 2.45) is 11.7 Å². The Morgan fingerprint density at radius 1 is 1.26 bits per heavy atom. The highest BCUT2D eigenvalue weighted by Gasteiger charge is 2.23.